The lowest BCUT2D eigenvalue weighted by molar-refractivity contribution is 0.410. The molecule has 31 heavy (non-hydrogen) atoms. The number of aromatic amines is 1. The molecule has 1 aliphatic rings. The van der Waals surface area contributed by atoms with Crippen LogP contribution >= 0.6 is 11.3 Å². The summed E-state index contributed by atoms with van der Waals surface area (Å²) in [7, 11) is 0. The standard InChI is InChI=1S/C25H33N3O2S/c26-21-11-10-20-18(7-5-8-23(20)29)19(21)6-3-1-2-4-14-27-15-13-17-9-12-22-24(16-17)31-25(30)28-22/h5,7-9,12,16,19,21,27,29H,1-4,6,10-11,13-15,26H2,(H,28,30). The van der Waals surface area contributed by atoms with E-state index in [1.807, 2.05) is 12.1 Å². The fourth-order valence-electron chi connectivity index (χ4n) is 4.80. The minimum atomic E-state index is 0.0121. The Bertz CT molecular complexity index is 1060. The van der Waals surface area contributed by atoms with E-state index in [4.69, 9.17) is 5.73 Å². The fraction of sp³-hybridized carbons (Fsp3) is 0.480. The van der Waals surface area contributed by atoms with E-state index >= 15 is 0 Å². The molecule has 166 valence electrons. The first kappa shape index (κ1) is 22.1. The average Bonchev–Trinajstić information content (AvgIpc) is 3.13. The molecule has 0 saturated carbocycles. The van der Waals surface area contributed by atoms with Crippen LogP contribution in [-0.4, -0.2) is 29.2 Å². The van der Waals surface area contributed by atoms with E-state index in [2.05, 4.69) is 28.5 Å². The van der Waals surface area contributed by atoms with Crippen LogP contribution < -0.4 is 15.9 Å². The third-order valence-electron chi connectivity index (χ3n) is 6.53. The molecule has 2 atom stereocenters. The smallest absolute Gasteiger partial charge is 0.305 e. The first-order valence-electron chi connectivity index (χ1n) is 11.5. The molecule has 0 spiro atoms. The Hall–Kier alpha value is -2.15. The van der Waals surface area contributed by atoms with Crippen molar-refractivity contribution in [3.8, 4) is 5.75 Å². The van der Waals surface area contributed by atoms with Crippen molar-refractivity contribution in [1.82, 2.24) is 10.3 Å². The normalized spacial score (nSPS) is 18.4. The average molecular weight is 440 g/mol. The molecule has 0 aliphatic heterocycles. The third kappa shape index (κ3) is 5.56. The van der Waals surface area contributed by atoms with E-state index in [-0.39, 0.29) is 10.9 Å². The Kier molecular flexibility index (Phi) is 7.43. The highest BCUT2D eigenvalue weighted by Crippen LogP contribution is 2.38. The van der Waals surface area contributed by atoms with Crippen molar-refractivity contribution in [3.63, 3.8) is 0 Å². The molecule has 5 nitrogen and oxygen atoms in total. The highest BCUT2D eigenvalue weighted by Gasteiger charge is 2.27. The van der Waals surface area contributed by atoms with E-state index in [1.165, 1.54) is 48.1 Å². The number of hydrogen-bond acceptors (Lipinski definition) is 5. The van der Waals surface area contributed by atoms with Gasteiger partial charge in [-0.05, 0) is 86.0 Å². The molecule has 0 fully saturated rings. The monoisotopic (exact) mass is 439 g/mol. The van der Waals surface area contributed by atoms with Crippen molar-refractivity contribution in [2.45, 2.75) is 63.3 Å². The SMILES string of the molecule is NC1CCc2c(O)cccc2C1CCCCCCNCCc1ccc2[nH]c(=O)sc2c1. The van der Waals surface area contributed by atoms with Crippen LogP contribution in [0.1, 0.15) is 61.1 Å². The number of thiazole rings is 1. The van der Waals surface area contributed by atoms with Gasteiger partial charge in [0.1, 0.15) is 5.75 Å². The van der Waals surface area contributed by atoms with Crippen molar-refractivity contribution in [3.05, 3.63) is 62.8 Å². The second kappa shape index (κ2) is 10.4. The quantitative estimate of drug-likeness (QED) is 0.352. The second-order valence-electron chi connectivity index (χ2n) is 8.70. The summed E-state index contributed by atoms with van der Waals surface area (Å²) in [4.78, 5) is 14.3. The summed E-state index contributed by atoms with van der Waals surface area (Å²) >= 11 is 1.28. The zero-order chi connectivity index (χ0) is 21.6. The molecule has 0 amide bonds. The zero-order valence-electron chi connectivity index (χ0n) is 18.0. The minimum absolute atomic E-state index is 0.0121. The van der Waals surface area contributed by atoms with E-state index in [1.54, 1.807) is 6.07 Å². The van der Waals surface area contributed by atoms with Gasteiger partial charge in [-0.15, -0.1) is 0 Å². The Labute approximate surface area is 187 Å². The number of nitrogens with one attached hydrogen (secondary N) is 2. The molecule has 1 aromatic heterocycles. The van der Waals surface area contributed by atoms with Crippen LogP contribution in [0.3, 0.4) is 0 Å². The molecule has 3 aromatic rings. The molecule has 0 bridgehead atoms. The van der Waals surface area contributed by atoms with Crippen LogP contribution in [0.4, 0.5) is 0 Å². The zero-order valence-corrected chi connectivity index (χ0v) is 18.8. The topological polar surface area (TPSA) is 91.1 Å². The van der Waals surface area contributed by atoms with Gasteiger partial charge >= 0.3 is 4.87 Å². The largest absolute Gasteiger partial charge is 0.508 e. The fourth-order valence-corrected chi connectivity index (χ4v) is 5.60. The summed E-state index contributed by atoms with van der Waals surface area (Å²) in [6.07, 6.45) is 8.78. The molecule has 6 heteroatoms. The molecular weight excluding hydrogens is 406 g/mol. The third-order valence-corrected chi connectivity index (χ3v) is 7.37. The molecule has 1 aliphatic carbocycles. The maximum Gasteiger partial charge on any atom is 0.305 e. The van der Waals surface area contributed by atoms with E-state index in [0.717, 1.165) is 54.6 Å². The number of phenolic OH excluding ortho intramolecular Hbond substituents is 1. The molecule has 4 rings (SSSR count). The first-order valence-corrected chi connectivity index (χ1v) is 12.3. The number of nitrogens with two attached hydrogens (primary N) is 1. The van der Waals surface area contributed by atoms with Crippen LogP contribution in [0.15, 0.2) is 41.2 Å². The summed E-state index contributed by atoms with van der Waals surface area (Å²) in [6, 6.07) is 12.3. The summed E-state index contributed by atoms with van der Waals surface area (Å²) in [6.45, 7) is 2.00. The minimum Gasteiger partial charge on any atom is -0.508 e. The van der Waals surface area contributed by atoms with Gasteiger partial charge < -0.3 is 21.1 Å². The summed E-state index contributed by atoms with van der Waals surface area (Å²) in [5, 5.41) is 13.7. The summed E-state index contributed by atoms with van der Waals surface area (Å²) < 4.78 is 1.04. The molecule has 1 heterocycles. The number of unbranched alkanes of at least 4 members (excludes halogenated alkanes) is 3. The molecule has 2 aromatic carbocycles. The van der Waals surface area contributed by atoms with Crippen molar-refractivity contribution in [2.75, 3.05) is 13.1 Å². The van der Waals surface area contributed by atoms with Crippen LogP contribution in [0.5, 0.6) is 5.75 Å². The van der Waals surface area contributed by atoms with Gasteiger partial charge in [-0.1, -0.05) is 48.8 Å². The van der Waals surface area contributed by atoms with Gasteiger partial charge in [0, 0.05) is 6.04 Å². The van der Waals surface area contributed by atoms with Gasteiger partial charge in [0.2, 0.25) is 0 Å². The maximum absolute atomic E-state index is 11.4. The van der Waals surface area contributed by atoms with E-state index < -0.39 is 0 Å². The number of rotatable bonds is 10. The lowest BCUT2D eigenvalue weighted by Gasteiger charge is -2.31. The van der Waals surface area contributed by atoms with Crippen LogP contribution in [-0.2, 0) is 12.8 Å². The summed E-state index contributed by atoms with van der Waals surface area (Å²) in [5.74, 6) is 0.814. The van der Waals surface area contributed by atoms with Crippen LogP contribution in [0.25, 0.3) is 10.2 Å². The Morgan fingerprint density at radius 2 is 2.00 bits per heavy atom. The molecule has 5 N–H and O–H groups in total. The highest BCUT2D eigenvalue weighted by atomic mass is 32.1. The number of benzene rings is 2. The number of fused-ring (bicyclic) bond motifs is 2. The van der Waals surface area contributed by atoms with Crippen LogP contribution in [0.2, 0.25) is 0 Å². The van der Waals surface area contributed by atoms with Gasteiger partial charge in [0.15, 0.2) is 0 Å². The Balaban J connectivity index is 1.11. The molecule has 0 radical (unpaired) electrons. The lowest BCUT2D eigenvalue weighted by atomic mass is 9.77. The Morgan fingerprint density at radius 1 is 1.13 bits per heavy atom. The van der Waals surface area contributed by atoms with Crippen molar-refractivity contribution < 1.29 is 5.11 Å². The first-order chi connectivity index (χ1) is 15.1. The lowest BCUT2D eigenvalue weighted by Crippen LogP contribution is -2.33. The van der Waals surface area contributed by atoms with Gasteiger partial charge in [-0.25, -0.2) is 0 Å². The molecule has 2 unspecified atom stereocenters. The van der Waals surface area contributed by atoms with Gasteiger partial charge in [0.25, 0.3) is 0 Å². The number of H-pyrrole nitrogens is 1. The molecular formula is C25H33N3O2S. The number of aromatic hydroxyl groups is 1. The van der Waals surface area contributed by atoms with E-state index in [0.29, 0.717) is 11.7 Å². The van der Waals surface area contributed by atoms with E-state index in [9.17, 15) is 9.90 Å². The second-order valence-corrected chi connectivity index (χ2v) is 9.72. The number of hydrogen-bond donors (Lipinski definition) is 4. The predicted octanol–water partition coefficient (Wildman–Crippen LogP) is 4.44. The van der Waals surface area contributed by atoms with Gasteiger partial charge in [-0.3, -0.25) is 4.79 Å². The highest BCUT2D eigenvalue weighted by molar-refractivity contribution is 7.16. The van der Waals surface area contributed by atoms with Crippen LogP contribution in [0, 0.1) is 0 Å². The van der Waals surface area contributed by atoms with Gasteiger partial charge in [-0.2, -0.15) is 0 Å². The Morgan fingerprint density at radius 3 is 2.90 bits per heavy atom. The predicted molar refractivity (Wildman–Crippen MR) is 129 cm³/mol. The van der Waals surface area contributed by atoms with Gasteiger partial charge in [0.05, 0.1) is 10.2 Å². The number of phenols is 1. The summed E-state index contributed by atoms with van der Waals surface area (Å²) in [5.41, 5.74) is 11.0. The number of aromatic nitrogens is 1. The van der Waals surface area contributed by atoms with Crippen molar-refractivity contribution in [2.24, 2.45) is 5.73 Å². The maximum atomic E-state index is 11.4. The molecule has 0 saturated heterocycles. The van der Waals surface area contributed by atoms with Crippen molar-refractivity contribution >= 4 is 21.6 Å². The van der Waals surface area contributed by atoms with Crippen molar-refractivity contribution in [1.29, 1.82) is 0 Å².